The Bertz CT molecular complexity index is 495. The van der Waals surface area contributed by atoms with Gasteiger partial charge >= 0.3 is 0 Å². The molecule has 0 aliphatic carbocycles. The minimum absolute atomic E-state index is 0.294. The van der Waals surface area contributed by atoms with Crippen molar-refractivity contribution in [3.8, 4) is 0 Å². The summed E-state index contributed by atoms with van der Waals surface area (Å²) in [6.45, 7) is 2.32. The van der Waals surface area contributed by atoms with Crippen LogP contribution >= 0.6 is 12.2 Å². The van der Waals surface area contributed by atoms with Gasteiger partial charge in [-0.15, -0.1) is 0 Å². The molecule has 0 radical (unpaired) electrons. The van der Waals surface area contributed by atoms with Gasteiger partial charge < -0.3 is 5.73 Å². The zero-order valence-corrected chi connectivity index (χ0v) is 12.0. The van der Waals surface area contributed by atoms with Gasteiger partial charge in [-0.25, -0.2) is 13.1 Å². The molecule has 18 heavy (non-hydrogen) atoms. The van der Waals surface area contributed by atoms with E-state index in [1.54, 1.807) is 24.3 Å². The molecule has 0 fully saturated rings. The van der Waals surface area contributed by atoms with Crippen molar-refractivity contribution in [2.75, 3.05) is 6.54 Å². The van der Waals surface area contributed by atoms with Crippen LogP contribution in [0.2, 0.25) is 0 Å². The lowest BCUT2D eigenvalue weighted by atomic mass is 10.2. The maximum atomic E-state index is 11.9. The molecule has 3 N–H and O–H groups in total. The number of nitrogens with one attached hydrogen (secondary N) is 1. The van der Waals surface area contributed by atoms with Crippen molar-refractivity contribution in [3.05, 3.63) is 29.8 Å². The molecule has 0 aromatic heterocycles. The van der Waals surface area contributed by atoms with Gasteiger partial charge in [0.05, 0.1) is 9.88 Å². The van der Waals surface area contributed by atoms with E-state index in [1.165, 1.54) is 0 Å². The highest BCUT2D eigenvalue weighted by molar-refractivity contribution is 7.89. The molecule has 1 aromatic carbocycles. The lowest BCUT2D eigenvalue weighted by Gasteiger charge is -2.06. The van der Waals surface area contributed by atoms with Crippen molar-refractivity contribution in [1.29, 1.82) is 0 Å². The molecule has 4 nitrogen and oxygen atoms in total. The van der Waals surface area contributed by atoms with E-state index in [9.17, 15) is 8.42 Å². The third kappa shape index (κ3) is 5.12. The Morgan fingerprint density at radius 1 is 1.28 bits per heavy atom. The van der Waals surface area contributed by atoms with Gasteiger partial charge in [0.15, 0.2) is 0 Å². The fourth-order valence-electron chi connectivity index (χ4n) is 1.43. The summed E-state index contributed by atoms with van der Waals surface area (Å²) in [7, 11) is -3.39. The third-order valence-electron chi connectivity index (χ3n) is 2.47. The Morgan fingerprint density at radius 2 is 1.89 bits per heavy atom. The van der Waals surface area contributed by atoms with Crippen molar-refractivity contribution < 1.29 is 8.42 Å². The molecule has 0 aliphatic heterocycles. The molecule has 0 aliphatic rings. The second kappa shape index (κ2) is 6.82. The summed E-state index contributed by atoms with van der Waals surface area (Å²) in [5, 5.41) is 0. The Kier molecular flexibility index (Phi) is 5.71. The molecular weight excluding hydrogens is 268 g/mol. The van der Waals surface area contributed by atoms with Gasteiger partial charge in [-0.05, 0) is 38.3 Å². The Balaban J connectivity index is 2.45. The van der Waals surface area contributed by atoms with Crippen molar-refractivity contribution in [1.82, 2.24) is 4.72 Å². The molecule has 0 amide bonds. The van der Waals surface area contributed by atoms with E-state index in [4.69, 9.17) is 18.0 Å². The molecule has 0 unspecified atom stereocenters. The van der Waals surface area contributed by atoms with Crippen LogP contribution in [-0.2, 0) is 10.0 Å². The second-order valence-electron chi connectivity index (χ2n) is 4.13. The smallest absolute Gasteiger partial charge is 0.240 e. The number of benzene rings is 1. The van der Waals surface area contributed by atoms with Crippen LogP contribution in [-0.4, -0.2) is 20.0 Å². The van der Waals surface area contributed by atoms with Gasteiger partial charge in [0, 0.05) is 6.54 Å². The monoisotopic (exact) mass is 286 g/mol. The Morgan fingerprint density at radius 3 is 2.44 bits per heavy atom. The number of hydrogen-bond acceptors (Lipinski definition) is 3. The summed E-state index contributed by atoms with van der Waals surface area (Å²) >= 11 is 4.75. The average Bonchev–Trinajstić information content (AvgIpc) is 2.28. The molecule has 6 heteroatoms. The molecule has 1 aromatic rings. The largest absolute Gasteiger partial charge is 0.393 e. The highest BCUT2D eigenvalue weighted by Gasteiger charge is 2.12. The van der Waals surface area contributed by atoms with Crippen LogP contribution in [0.5, 0.6) is 0 Å². The van der Waals surface area contributed by atoms with Crippen molar-refractivity contribution >= 4 is 27.2 Å². The van der Waals surface area contributed by atoms with E-state index in [1.807, 2.05) is 6.92 Å². The number of aryl methyl sites for hydroxylation is 1. The number of sulfonamides is 1. The predicted octanol–water partition coefficient (Wildman–Crippen LogP) is 1.73. The van der Waals surface area contributed by atoms with Crippen LogP contribution < -0.4 is 10.5 Å². The van der Waals surface area contributed by atoms with Crippen molar-refractivity contribution in [2.45, 2.75) is 31.1 Å². The van der Waals surface area contributed by atoms with Gasteiger partial charge in [-0.1, -0.05) is 29.9 Å². The first kappa shape index (κ1) is 15.1. The standard InChI is InChI=1S/C12H18N2O2S2/c1-10-5-7-11(8-6-10)18(15,16)14-9-3-2-4-12(13)17/h5-8,14H,2-4,9H2,1H3,(H2,13,17). The van der Waals surface area contributed by atoms with E-state index in [0.717, 1.165) is 18.4 Å². The lowest BCUT2D eigenvalue weighted by Crippen LogP contribution is -2.25. The van der Waals surface area contributed by atoms with Gasteiger partial charge in [-0.2, -0.15) is 0 Å². The molecule has 1 rings (SSSR count). The molecule has 100 valence electrons. The van der Waals surface area contributed by atoms with E-state index >= 15 is 0 Å². The zero-order valence-electron chi connectivity index (χ0n) is 10.3. The summed E-state index contributed by atoms with van der Waals surface area (Å²) in [4.78, 5) is 0.763. The highest BCUT2D eigenvalue weighted by Crippen LogP contribution is 2.09. The fraction of sp³-hybridized carbons (Fsp3) is 0.417. The molecule has 0 saturated carbocycles. The van der Waals surface area contributed by atoms with E-state index in [2.05, 4.69) is 4.72 Å². The van der Waals surface area contributed by atoms with Crippen molar-refractivity contribution in [3.63, 3.8) is 0 Å². The lowest BCUT2D eigenvalue weighted by molar-refractivity contribution is 0.577. The molecule has 0 heterocycles. The maximum absolute atomic E-state index is 11.9. The predicted molar refractivity (Wildman–Crippen MR) is 77.0 cm³/mol. The normalized spacial score (nSPS) is 11.4. The Labute approximate surface area is 114 Å². The minimum Gasteiger partial charge on any atom is -0.393 e. The fourth-order valence-corrected chi connectivity index (χ4v) is 2.65. The average molecular weight is 286 g/mol. The second-order valence-corrected chi connectivity index (χ2v) is 6.43. The molecule has 0 atom stereocenters. The van der Waals surface area contributed by atoms with Crippen molar-refractivity contribution in [2.24, 2.45) is 5.73 Å². The first-order valence-electron chi connectivity index (χ1n) is 5.76. The third-order valence-corrected chi connectivity index (χ3v) is 4.15. The maximum Gasteiger partial charge on any atom is 0.240 e. The number of rotatable bonds is 7. The SMILES string of the molecule is Cc1ccc(S(=O)(=O)NCCCCC(N)=S)cc1. The summed E-state index contributed by atoms with van der Waals surface area (Å²) in [5.74, 6) is 0. The zero-order chi connectivity index (χ0) is 13.6. The van der Waals surface area contributed by atoms with Crippen LogP contribution in [0.15, 0.2) is 29.2 Å². The van der Waals surface area contributed by atoms with E-state index in [0.29, 0.717) is 22.8 Å². The van der Waals surface area contributed by atoms with Gasteiger partial charge in [0.25, 0.3) is 0 Å². The molecular formula is C12H18N2O2S2. The Hall–Kier alpha value is -0.980. The van der Waals surface area contributed by atoms with E-state index < -0.39 is 10.0 Å². The van der Waals surface area contributed by atoms with Crippen LogP contribution in [0, 0.1) is 6.92 Å². The number of hydrogen-bond donors (Lipinski definition) is 2. The summed E-state index contributed by atoms with van der Waals surface area (Å²) in [6.07, 6.45) is 2.18. The summed E-state index contributed by atoms with van der Waals surface area (Å²) < 4.78 is 26.3. The first-order chi connectivity index (χ1) is 8.42. The minimum atomic E-state index is -3.39. The van der Waals surface area contributed by atoms with Crippen LogP contribution in [0.1, 0.15) is 24.8 Å². The van der Waals surface area contributed by atoms with Gasteiger partial charge in [-0.3, -0.25) is 0 Å². The number of thiocarbonyl (C=S) groups is 1. The first-order valence-corrected chi connectivity index (χ1v) is 7.65. The van der Waals surface area contributed by atoms with Crippen LogP contribution in [0.25, 0.3) is 0 Å². The summed E-state index contributed by atoms with van der Waals surface area (Å²) in [5.41, 5.74) is 6.39. The van der Waals surface area contributed by atoms with Gasteiger partial charge in [0.1, 0.15) is 0 Å². The van der Waals surface area contributed by atoms with E-state index in [-0.39, 0.29) is 0 Å². The number of nitrogens with two attached hydrogens (primary N) is 1. The molecule has 0 bridgehead atoms. The topological polar surface area (TPSA) is 72.2 Å². The summed E-state index contributed by atoms with van der Waals surface area (Å²) in [6, 6.07) is 6.77. The molecule has 0 saturated heterocycles. The van der Waals surface area contributed by atoms with Crippen LogP contribution in [0.3, 0.4) is 0 Å². The number of unbranched alkanes of at least 4 members (excludes halogenated alkanes) is 1. The highest BCUT2D eigenvalue weighted by atomic mass is 32.2. The quantitative estimate of drug-likeness (QED) is 0.591. The van der Waals surface area contributed by atoms with Gasteiger partial charge in [0.2, 0.25) is 10.0 Å². The molecule has 0 spiro atoms. The van der Waals surface area contributed by atoms with Crippen LogP contribution in [0.4, 0.5) is 0 Å².